The van der Waals surface area contributed by atoms with Crippen LogP contribution in [0.4, 0.5) is 4.39 Å². The van der Waals surface area contributed by atoms with E-state index in [0.29, 0.717) is 17.0 Å². The molecule has 2 aliphatic rings. The van der Waals surface area contributed by atoms with Crippen LogP contribution in [0.15, 0.2) is 18.2 Å². The van der Waals surface area contributed by atoms with Gasteiger partial charge in [0.1, 0.15) is 5.82 Å². The summed E-state index contributed by atoms with van der Waals surface area (Å²) >= 11 is 5.99. The van der Waals surface area contributed by atoms with E-state index in [9.17, 15) is 4.39 Å². The third-order valence-electron chi connectivity index (χ3n) is 3.84. The molecule has 4 heteroatoms. The van der Waals surface area contributed by atoms with Crippen molar-refractivity contribution in [1.82, 2.24) is 10.2 Å². The van der Waals surface area contributed by atoms with Crippen molar-refractivity contribution in [3.05, 3.63) is 34.6 Å². The molecule has 1 heterocycles. The summed E-state index contributed by atoms with van der Waals surface area (Å²) in [7, 11) is 0. The number of halogens is 2. The normalized spacial score (nSPS) is 23.0. The Morgan fingerprint density at radius 2 is 1.94 bits per heavy atom. The van der Waals surface area contributed by atoms with Gasteiger partial charge in [-0.2, -0.15) is 0 Å². The zero-order valence-corrected chi connectivity index (χ0v) is 11.1. The molecular weight excluding hydrogens is 251 g/mol. The maximum Gasteiger partial charge on any atom is 0.125 e. The van der Waals surface area contributed by atoms with E-state index in [1.165, 1.54) is 18.9 Å². The lowest BCUT2D eigenvalue weighted by Crippen LogP contribution is -2.45. The average Bonchev–Trinajstić information content (AvgIpc) is 3.14. The third-order valence-corrected chi connectivity index (χ3v) is 4.06. The van der Waals surface area contributed by atoms with Crippen LogP contribution in [0.5, 0.6) is 0 Å². The van der Waals surface area contributed by atoms with Crippen LogP contribution in [0.25, 0.3) is 0 Å². The zero-order valence-electron chi connectivity index (χ0n) is 10.3. The van der Waals surface area contributed by atoms with E-state index in [0.717, 1.165) is 31.7 Å². The summed E-state index contributed by atoms with van der Waals surface area (Å²) in [4.78, 5) is 2.47. The van der Waals surface area contributed by atoms with Gasteiger partial charge < -0.3 is 5.32 Å². The molecule has 0 bridgehead atoms. The maximum absolute atomic E-state index is 13.5. The summed E-state index contributed by atoms with van der Waals surface area (Å²) < 4.78 is 13.5. The highest BCUT2D eigenvalue weighted by atomic mass is 35.5. The molecule has 2 fully saturated rings. The second kappa shape index (κ2) is 5.16. The minimum Gasteiger partial charge on any atom is -0.314 e. The number of piperazine rings is 1. The van der Waals surface area contributed by atoms with Crippen LogP contribution < -0.4 is 5.32 Å². The molecule has 18 heavy (non-hydrogen) atoms. The molecule has 0 radical (unpaired) electrons. The second-order valence-corrected chi connectivity index (χ2v) is 5.71. The lowest BCUT2D eigenvalue weighted by Gasteiger charge is -2.35. The highest BCUT2D eigenvalue weighted by Crippen LogP contribution is 2.45. The van der Waals surface area contributed by atoms with E-state index in [4.69, 9.17) is 11.6 Å². The van der Waals surface area contributed by atoms with Crippen molar-refractivity contribution >= 4 is 11.6 Å². The largest absolute Gasteiger partial charge is 0.314 e. The molecule has 1 saturated carbocycles. The van der Waals surface area contributed by atoms with Gasteiger partial charge in [-0.15, -0.1) is 0 Å². The summed E-state index contributed by atoms with van der Waals surface area (Å²) in [6.07, 6.45) is 2.51. The average molecular weight is 269 g/mol. The predicted octanol–water partition coefficient (Wildman–Crippen LogP) is 2.84. The van der Waals surface area contributed by atoms with Gasteiger partial charge in [0.15, 0.2) is 0 Å². The first-order valence-corrected chi connectivity index (χ1v) is 7.02. The first-order chi connectivity index (χ1) is 8.74. The van der Waals surface area contributed by atoms with E-state index < -0.39 is 0 Å². The van der Waals surface area contributed by atoms with E-state index in [-0.39, 0.29) is 5.82 Å². The minimum atomic E-state index is -0.224. The monoisotopic (exact) mass is 268 g/mol. The molecule has 0 aromatic heterocycles. The van der Waals surface area contributed by atoms with Gasteiger partial charge in [-0.25, -0.2) is 4.39 Å². The standard InChI is InChI=1S/C14H18ClFN2/c15-12-7-11(8-13(16)9-12)14(10-1-2-10)18-5-3-17-4-6-18/h7-10,14,17H,1-6H2/t14-/m1/s1. The quantitative estimate of drug-likeness (QED) is 0.907. The Bertz CT molecular complexity index is 408. The Balaban J connectivity index is 1.88. The molecule has 98 valence electrons. The fourth-order valence-corrected chi connectivity index (χ4v) is 3.13. The van der Waals surface area contributed by atoms with Gasteiger partial charge in [0.05, 0.1) is 0 Å². The lowest BCUT2D eigenvalue weighted by molar-refractivity contribution is 0.156. The van der Waals surface area contributed by atoms with Crippen LogP contribution >= 0.6 is 11.6 Å². The molecule has 0 unspecified atom stereocenters. The van der Waals surface area contributed by atoms with Crippen molar-refractivity contribution in [2.45, 2.75) is 18.9 Å². The Labute approximate surface area is 112 Å². The number of nitrogens with zero attached hydrogens (tertiary/aromatic N) is 1. The van der Waals surface area contributed by atoms with Crippen LogP contribution in [-0.4, -0.2) is 31.1 Å². The Morgan fingerprint density at radius 1 is 1.22 bits per heavy atom. The molecule has 2 nitrogen and oxygen atoms in total. The predicted molar refractivity (Wildman–Crippen MR) is 71.3 cm³/mol. The van der Waals surface area contributed by atoms with Crippen LogP contribution in [0.1, 0.15) is 24.4 Å². The topological polar surface area (TPSA) is 15.3 Å². The molecular formula is C14H18ClFN2. The number of rotatable bonds is 3. The highest BCUT2D eigenvalue weighted by Gasteiger charge is 2.36. The van der Waals surface area contributed by atoms with E-state index in [1.807, 2.05) is 6.07 Å². The summed E-state index contributed by atoms with van der Waals surface area (Å²) in [6.45, 7) is 4.11. The van der Waals surface area contributed by atoms with Crippen LogP contribution in [0.3, 0.4) is 0 Å². The molecule has 0 amide bonds. The third kappa shape index (κ3) is 2.68. The van der Waals surface area contributed by atoms with Crippen molar-refractivity contribution < 1.29 is 4.39 Å². The molecule has 1 N–H and O–H groups in total. The molecule has 3 rings (SSSR count). The first-order valence-electron chi connectivity index (χ1n) is 6.65. The Kier molecular flexibility index (Phi) is 3.55. The number of hydrogen-bond acceptors (Lipinski definition) is 2. The Morgan fingerprint density at radius 3 is 2.56 bits per heavy atom. The zero-order chi connectivity index (χ0) is 12.5. The SMILES string of the molecule is Fc1cc(Cl)cc([C@@H](C2CC2)N2CCNCC2)c1. The van der Waals surface area contributed by atoms with Gasteiger partial charge in [-0.05, 0) is 42.5 Å². The minimum absolute atomic E-state index is 0.224. The summed E-state index contributed by atoms with van der Waals surface area (Å²) in [5.41, 5.74) is 1.05. The van der Waals surface area contributed by atoms with Crippen molar-refractivity contribution in [1.29, 1.82) is 0 Å². The van der Waals surface area contributed by atoms with Gasteiger partial charge in [0, 0.05) is 37.2 Å². The van der Waals surface area contributed by atoms with Gasteiger partial charge >= 0.3 is 0 Å². The molecule has 1 aliphatic heterocycles. The van der Waals surface area contributed by atoms with Gasteiger partial charge in [-0.3, -0.25) is 4.90 Å². The van der Waals surface area contributed by atoms with E-state index in [2.05, 4.69) is 10.2 Å². The molecule has 0 spiro atoms. The smallest absolute Gasteiger partial charge is 0.125 e. The van der Waals surface area contributed by atoms with Crippen LogP contribution in [-0.2, 0) is 0 Å². The lowest BCUT2D eigenvalue weighted by atomic mass is 9.99. The van der Waals surface area contributed by atoms with E-state index in [1.54, 1.807) is 6.07 Å². The molecule has 1 aliphatic carbocycles. The van der Waals surface area contributed by atoms with Crippen molar-refractivity contribution in [2.75, 3.05) is 26.2 Å². The van der Waals surface area contributed by atoms with E-state index >= 15 is 0 Å². The molecule has 1 saturated heterocycles. The summed E-state index contributed by atoms with van der Waals surface area (Å²) in [6, 6.07) is 5.31. The fraction of sp³-hybridized carbons (Fsp3) is 0.571. The van der Waals surface area contributed by atoms with Crippen molar-refractivity contribution in [3.8, 4) is 0 Å². The second-order valence-electron chi connectivity index (χ2n) is 5.27. The number of benzene rings is 1. The number of hydrogen-bond donors (Lipinski definition) is 1. The van der Waals surface area contributed by atoms with Gasteiger partial charge in [-0.1, -0.05) is 11.6 Å². The van der Waals surface area contributed by atoms with Crippen molar-refractivity contribution in [2.24, 2.45) is 5.92 Å². The van der Waals surface area contributed by atoms with Gasteiger partial charge in [0.2, 0.25) is 0 Å². The highest BCUT2D eigenvalue weighted by molar-refractivity contribution is 6.30. The summed E-state index contributed by atoms with van der Waals surface area (Å²) in [5.74, 6) is 0.458. The number of nitrogens with one attached hydrogen (secondary N) is 1. The van der Waals surface area contributed by atoms with Gasteiger partial charge in [0.25, 0.3) is 0 Å². The summed E-state index contributed by atoms with van der Waals surface area (Å²) in [5, 5.41) is 3.87. The molecule has 1 aromatic rings. The van der Waals surface area contributed by atoms with Crippen molar-refractivity contribution in [3.63, 3.8) is 0 Å². The van der Waals surface area contributed by atoms with Crippen LogP contribution in [0.2, 0.25) is 5.02 Å². The Hall–Kier alpha value is -0.640. The van der Waals surface area contributed by atoms with Crippen LogP contribution in [0, 0.1) is 11.7 Å². The molecule has 1 atom stereocenters. The first kappa shape index (κ1) is 12.4. The fourth-order valence-electron chi connectivity index (χ4n) is 2.90. The maximum atomic E-state index is 13.5. The molecule has 1 aromatic carbocycles.